The van der Waals surface area contributed by atoms with Crippen LogP contribution in [0.25, 0.3) is 11.1 Å². The molecule has 0 amide bonds. The molecule has 0 bridgehead atoms. The molecule has 0 atom stereocenters. The highest BCUT2D eigenvalue weighted by Crippen LogP contribution is 2.36. The molecule has 17 heavy (non-hydrogen) atoms. The Morgan fingerprint density at radius 2 is 1.94 bits per heavy atom. The predicted molar refractivity (Wildman–Crippen MR) is 62.9 cm³/mol. The standard InChI is InChI=1S/C12H10N2O3/c1-17-12-10(9-5-3-2-4-6-9)7-13-8-11(12)14(15)16/h2-8H,1H3. The summed E-state index contributed by atoms with van der Waals surface area (Å²) in [6.07, 6.45) is 2.74. The van der Waals surface area contributed by atoms with Gasteiger partial charge in [0.25, 0.3) is 0 Å². The average molecular weight is 230 g/mol. The third kappa shape index (κ3) is 2.08. The van der Waals surface area contributed by atoms with Gasteiger partial charge in [-0.25, -0.2) is 0 Å². The first-order chi connectivity index (χ1) is 8.24. The highest BCUT2D eigenvalue weighted by molar-refractivity contribution is 5.74. The van der Waals surface area contributed by atoms with E-state index >= 15 is 0 Å². The maximum absolute atomic E-state index is 10.8. The fraction of sp³-hybridized carbons (Fsp3) is 0.0833. The number of pyridine rings is 1. The van der Waals surface area contributed by atoms with Crippen LogP contribution in [0.2, 0.25) is 0 Å². The minimum absolute atomic E-state index is 0.131. The molecule has 0 N–H and O–H groups in total. The lowest BCUT2D eigenvalue weighted by atomic mass is 10.1. The summed E-state index contributed by atoms with van der Waals surface area (Å²) in [4.78, 5) is 14.2. The van der Waals surface area contributed by atoms with Crippen molar-refractivity contribution < 1.29 is 9.66 Å². The molecule has 0 unspecified atom stereocenters. The summed E-state index contributed by atoms with van der Waals surface area (Å²) in [6.45, 7) is 0. The smallest absolute Gasteiger partial charge is 0.329 e. The van der Waals surface area contributed by atoms with Crippen molar-refractivity contribution in [2.75, 3.05) is 7.11 Å². The molecular weight excluding hydrogens is 220 g/mol. The van der Waals surface area contributed by atoms with Crippen LogP contribution in [-0.4, -0.2) is 17.0 Å². The van der Waals surface area contributed by atoms with Crippen molar-refractivity contribution in [3.05, 3.63) is 52.8 Å². The quantitative estimate of drug-likeness (QED) is 0.600. The van der Waals surface area contributed by atoms with E-state index in [-0.39, 0.29) is 11.4 Å². The van der Waals surface area contributed by atoms with Crippen molar-refractivity contribution in [1.82, 2.24) is 4.98 Å². The molecule has 86 valence electrons. The molecule has 0 spiro atoms. The Hall–Kier alpha value is -2.43. The maximum atomic E-state index is 10.8. The van der Waals surface area contributed by atoms with Gasteiger partial charge < -0.3 is 4.74 Å². The van der Waals surface area contributed by atoms with E-state index in [0.29, 0.717) is 5.56 Å². The lowest BCUT2D eigenvalue weighted by molar-refractivity contribution is -0.386. The Balaban J connectivity index is 2.63. The Labute approximate surface area is 97.8 Å². The molecule has 0 aliphatic rings. The molecule has 0 saturated carbocycles. The first kappa shape index (κ1) is 11.1. The van der Waals surface area contributed by atoms with Crippen LogP contribution in [0.15, 0.2) is 42.7 Å². The Morgan fingerprint density at radius 3 is 2.53 bits per heavy atom. The molecule has 2 rings (SSSR count). The van der Waals surface area contributed by atoms with Crippen molar-refractivity contribution in [2.24, 2.45) is 0 Å². The van der Waals surface area contributed by atoms with E-state index in [2.05, 4.69) is 4.98 Å². The molecule has 1 heterocycles. The van der Waals surface area contributed by atoms with Gasteiger partial charge in [0.05, 0.1) is 12.0 Å². The van der Waals surface area contributed by atoms with Crippen LogP contribution in [-0.2, 0) is 0 Å². The van der Waals surface area contributed by atoms with Gasteiger partial charge in [-0.15, -0.1) is 0 Å². The third-order valence-electron chi connectivity index (χ3n) is 2.36. The number of ether oxygens (including phenoxy) is 1. The summed E-state index contributed by atoms with van der Waals surface area (Å²) in [7, 11) is 1.41. The van der Waals surface area contributed by atoms with Crippen LogP contribution in [0.4, 0.5) is 5.69 Å². The van der Waals surface area contributed by atoms with Crippen LogP contribution < -0.4 is 4.74 Å². The van der Waals surface area contributed by atoms with Crippen molar-refractivity contribution >= 4 is 5.69 Å². The van der Waals surface area contributed by atoms with E-state index in [4.69, 9.17) is 4.74 Å². The Kier molecular flexibility index (Phi) is 3.00. The lowest BCUT2D eigenvalue weighted by Crippen LogP contribution is -1.97. The second kappa shape index (κ2) is 4.61. The molecule has 5 heteroatoms. The third-order valence-corrected chi connectivity index (χ3v) is 2.36. The summed E-state index contributed by atoms with van der Waals surface area (Å²) < 4.78 is 5.11. The SMILES string of the molecule is COc1c(-c2ccccc2)cncc1[N+](=O)[O-]. The largest absolute Gasteiger partial charge is 0.490 e. The van der Waals surface area contributed by atoms with Gasteiger partial charge in [-0.3, -0.25) is 15.1 Å². The second-order valence-electron chi connectivity index (χ2n) is 3.36. The number of nitro groups is 1. The van der Waals surface area contributed by atoms with Gasteiger partial charge in [0, 0.05) is 11.8 Å². The minimum Gasteiger partial charge on any atom is -0.490 e. The molecule has 1 aromatic carbocycles. The van der Waals surface area contributed by atoms with Crippen molar-refractivity contribution in [1.29, 1.82) is 0 Å². The fourth-order valence-electron chi connectivity index (χ4n) is 1.61. The molecular formula is C12H10N2O3. The highest BCUT2D eigenvalue weighted by atomic mass is 16.6. The predicted octanol–water partition coefficient (Wildman–Crippen LogP) is 2.67. The zero-order valence-corrected chi connectivity index (χ0v) is 9.16. The van der Waals surface area contributed by atoms with Gasteiger partial charge in [0.1, 0.15) is 6.20 Å². The number of rotatable bonds is 3. The van der Waals surface area contributed by atoms with Gasteiger partial charge in [-0.1, -0.05) is 30.3 Å². The van der Waals surface area contributed by atoms with Crippen LogP contribution in [0, 0.1) is 10.1 Å². The number of hydrogen-bond donors (Lipinski definition) is 0. The Bertz CT molecular complexity index is 541. The normalized spacial score (nSPS) is 9.94. The van der Waals surface area contributed by atoms with E-state index in [1.54, 1.807) is 6.20 Å². The summed E-state index contributed by atoms with van der Waals surface area (Å²) >= 11 is 0. The van der Waals surface area contributed by atoms with E-state index in [1.165, 1.54) is 13.3 Å². The topological polar surface area (TPSA) is 65.3 Å². The van der Waals surface area contributed by atoms with E-state index in [1.807, 2.05) is 30.3 Å². The summed E-state index contributed by atoms with van der Waals surface area (Å²) in [5, 5.41) is 10.8. The molecule has 0 radical (unpaired) electrons. The first-order valence-electron chi connectivity index (χ1n) is 4.96. The highest BCUT2D eigenvalue weighted by Gasteiger charge is 2.19. The zero-order valence-electron chi connectivity index (χ0n) is 9.16. The maximum Gasteiger partial charge on any atom is 0.329 e. The van der Waals surface area contributed by atoms with Gasteiger partial charge in [-0.2, -0.15) is 0 Å². The monoisotopic (exact) mass is 230 g/mol. The Morgan fingerprint density at radius 1 is 1.24 bits per heavy atom. The molecule has 0 aliphatic heterocycles. The molecule has 1 aromatic heterocycles. The molecule has 0 saturated heterocycles. The van der Waals surface area contributed by atoms with Gasteiger partial charge in [-0.05, 0) is 5.56 Å². The minimum atomic E-state index is -0.502. The number of hydrogen-bond acceptors (Lipinski definition) is 4. The van der Waals surface area contributed by atoms with Crippen LogP contribution in [0.5, 0.6) is 5.75 Å². The van der Waals surface area contributed by atoms with E-state index < -0.39 is 4.92 Å². The molecule has 5 nitrogen and oxygen atoms in total. The van der Waals surface area contributed by atoms with Crippen LogP contribution in [0.3, 0.4) is 0 Å². The summed E-state index contributed by atoms with van der Waals surface area (Å²) in [5.74, 6) is 0.233. The lowest BCUT2D eigenvalue weighted by Gasteiger charge is -2.07. The number of methoxy groups -OCH3 is 1. The van der Waals surface area contributed by atoms with Crippen LogP contribution >= 0.6 is 0 Å². The average Bonchev–Trinajstić information content (AvgIpc) is 2.38. The summed E-state index contributed by atoms with van der Waals surface area (Å²) in [5.41, 5.74) is 1.32. The van der Waals surface area contributed by atoms with Crippen molar-refractivity contribution in [3.8, 4) is 16.9 Å². The number of nitrogens with zero attached hydrogens (tertiary/aromatic N) is 2. The fourth-order valence-corrected chi connectivity index (χ4v) is 1.61. The van der Waals surface area contributed by atoms with Gasteiger partial charge >= 0.3 is 5.69 Å². The van der Waals surface area contributed by atoms with E-state index in [9.17, 15) is 10.1 Å². The summed E-state index contributed by atoms with van der Waals surface area (Å²) in [6, 6.07) is 9.29. The molecule has 2 aromatic rings. The number of benzene rings is 1. The first-order valence-corrected chi connectivity index (χ1v) is 4.96. The zero-order chi connectivity index (χ0) is 12.3. The van der Waals surface area contributed by atoms with Crippen LogP contribution in [0.1, 0.15) is 0 Å². The second-order valence-corrected chi connectivity index (χ2v) is 3.36. The van der Waals surface area contributed by atoms with Crippen molar-refractivity contribution in [3.63, 3.8) is 0 Å². The molecule has 0 fully saturated rings. The van der Waals surface area contributed by atoms with Gasteiger partial charge in [0.15, 0.2) is 0 Å². The molecule has 0 aliphatic carbocycles. The van der Waals surface area contributed by atoms with Crippen molar-refractivity contribution in [2.45, 2.75) is 0 Å². The van der Waals surface area contributed by atoms with Gasteiger partial charge in [0.2, 0.25) is 5.75 Å². The van der Waals surface area contributed by atoms with E-state index in [0.717, 1.165) is 5.56 Å². The number of aromatic nitrogens is 1.